The summed E-state index contributed by atoms with van der Waals surface area (Å²) < 4.78 is 0. The van der Waals surface area contributed by atoms with Crippen molar-refractivity contribution in [2.45, 2.75) is 19.4 Å². The Balaban J connectivity index is 2.13. The van der Waals surface area contributed by atoms with Crippen molar-refractivity contribution in [3.05, 3.63) is 29.8 Å². The number of nitrogens with zero attached hydrogens (tertiary/aromatic N) is 2. The van der Waals surface area contributed by atoms with Crippen LogP contribution in [0.25, 0.3) is 0 Å². The predicted molar refractivity (Wildman–Crippen MR) is 65.6 cm³/mol. The highest BCUT2D eigenvalue weighted by molar-refractivity contribution is 5.99. The molecular formula is C13H15N3O. The minimum Gasteiger partial charge on any atom is -0.311 e. The van der Waals surface area contributed by atoms with E-state index in [1.54, 1.807) is 17.0 Å². The molecule has 1 aromatic carbocycles. The Kier molecular flexibility index (Phi) is 3.40. The molecule has 1 unspecified atom stereocenters. The van der Waals surface area contributed by atoms with Gasteiger partial charge in [-0.15, -0.1) is 0 Å². The highest BCUT2D eigenvalue weighted by Crippen LogP contribution is 2.21. The van der Waals surface area contributed by atoms with E-state index < -0.39 is 0 Å². The molecule has 1 amide bonds. The van der Waals surface area contributed by atoms with Crippen molar-refractivity contribution in [2.24, 2.45) is 0 Å². The van der Waals surface area contributed by atoms with Crippen molar-refractivity contribution >= 4 is 11.6 Å². The fourth-order valence-electron chi connectivity index (χ4n) is 2.09. The lowest BCUT2D eigenvalue weighted by atomic mass is 10.2. The molecule has 17 heavy (non-hydrogen) atoms. The third-order valence-electron chi connectivity index (χ3n) is 2.96. The maximum absolute atomic E-state index is 12.0. The number of hydrogen-bond donors (Lipinski definition) is 1. The Morgan fingerprint density at radius 2 is 2.18 bits per heavy atom. The van der Waals surface area contributed by atoms with Gasteiger partial charge in [-0.1, -0.05) is 6.92 Å². The van der Waals surface area contributed by atoms with Gasteiger partial charge in [0.1, 0.15) is 0 Å². The smallest absolute Gasteiger partial charge is 0.244 e. The highest BCUT2D eigenvalue weighted by Gasteiger charge is 2.31. The lowest BCUT2D eigenvalue weighted by Gasteiger charge is -2.17. The van der Waals surface area contributed by atoms with Crippen molar-refractivity contribution in [1.29, 1.82) is 5.26 Å². The van der Waals surface area contributed by atoms with E-state index in [0.29, 0.717) is 5.56 Å². The van der Waals surface area contributed by atoms with E-state index in [0.717, 1.165) is 25.2 Å². The number of nitriles is 1. The normalized spacial score (nSPS) is 19.4. The molecular weight excluding hydrogens is 214 g/mol. The van der Waals surface area contributed by atoms with Gasteiger partial charge in [-0.25, -0.2) is 0 Å². The van der Waals surface area contributed by atoms with Gasteiger partial charge in [0.2, 0.25) is 5.91 Å². The average molecular weight is 229 g/mol. The van der Waals surface area contributed by atoms with Crippen LogP contribution in [0.1, 0.15) is 18.9 Å². The summed E-state index contributed by atoms with van der Waals surface area (Å²) in [6.45, 7) is 3.54. The second kappa shape index (κ2) is 4.98. The Labute approximate surface area is 101 Å². The molecule has 4 heteroatoms. The zero-order valence-corrected chi connectivity index (χ0v) is 9.81. The first-order chi connectivity index (χ1) is 8.26. The molecule has 1 heterocycles. The van der Waals surface area contributed by atoms with Crippen molar-refractivity contribution < 1.29 is 4.79 Å². The van der Waals surface area contributed by atoms with E-state index >= 15 is 0 Å². The predicted octanol–water partition coefficient (Wildman–Crippen LogP) is 1.27. The topological polar surface area (TPSA) is 56.1 Å². The molecule has 0 saturated carbocycles. The summed E-state index contributed by atoms with van der Waals surface area (Å²) >= 11 is 0. The fraction of sp³-hybridized carbons (Fsp3) is 0.385. The standard InChI is InChI=1S/C13H15N3O/c1-2-15-12-7-8-16(13(12)17)11-5-3-10(9-14)4-6-11/h3-6,12,15H,2,7-8H2,1H3. The van der Waals surface area contributed by atoms with Gasteiger partial charge in [0, 0.05) is 12.2 Å². The first-order valence-corrected chi connectivity index (χ1v) is 5.81. The maximum atomic E-state index is 12.0. The Bertz CT molecular complexity index is 447. The summed E-state index contributed by atoms with van der Waals surface area (Å²) in [7, 11) is 0. The summed E-state index contributed by atoms with van der Waals surface area (Å²) in [6, 6.07) is 9.14. The molecule has 1 fully saturated rings. The van der Waals surface area contributed by atoms with Gasteiger partial charge in [-0.2, -0.15) is 5.26 Å². The van der Waals surface area contributed by atoms with Gasteiger partial charge in [0.15, 0.2) is 0 Å². The molecule has 0 bridgehead atoms. The molecule has 1 aliphatic heterocycles. The number of likely N-dealkylation sites (N-methyl/N-ethyl adjacent to an activating group) is 1. The first kappa shape index (κ1) is 11.6. The van der Waals surface area contributed by atoms with Crippen LogP contribution in [0.4, 0.5) is 5.69 Å². The van der Waals surface area contributed by atoms with Crippen molar-refractivity contribution in [3.63, 3.8) is 0 Å². The van der Waals surface area contributed by atoms with E-state index in [-0.39, 0.29) is 11.9 Å². The van der Waals surface area contributed by atoms with E-state index in [9.17, 15) is 4.79 Å². The van der Waals surface area contributed by atoms with Gasteiger partial charge in [0.25, 0.3) is 0 Å². The zero-order valence-electron chi connectivity index (χ0n) is 9.81. The van der Waals surface area contributed by atoms with Crippen LogP contribution in [-0.2, 0) is 4.79 Å². The summed E-state index contributed by atoms with van der Waals surface area (Å²) in [5.74, 6) is 0.122. The zero-order chi connectivity index (χ0) is 12.3. The van der Waals surface area contributed by atoms with Crippen molar-refractivity contribution in [2.75, 3.05) is 18.0 Å². The van der Waals surface area contributed by atoms with Crippen LogP contribution >= 0.6 is 0 Å². The molecule has 4 nitrogen and oxygen atoms in total. The molecule has 1 N–H and O–H groups in total. The molecule has 0 aliphatic carbocycles. The van der Waals surface area contributed by atoms with E-state index in [1.807, 2.05) is 19.1 Å². The van der Waals surface area contributed by atoms with E-state index in [2.05, 4.69) is 11.4 Å². The summed E-state index contributed by atoms with van der Waals surface area (Å²) in [4.78, 5) is 13.8. The summed E-state index contributed by atoms with van der Waals surface area (Å²) in [5, 5.41) is 11.9. The number of carbonyl (C=O) groups is 1. The number of anilines is 1. The van der Waals surface area contributed by atoms with Crippen LogP contribution < -0.4 is 10.2 Å². The van der Waals surface area contributed by atoms with Crippen LogP contribution in [0, 0.1) is 11.3 Å². The minimum absolute atomic E-state index is 0.0596. The molecule has 0 radical (unpaired) electrons. The monoisotopic (exact) mass is 229 g/mol. The fourth-order valence-corrected chi connectivity index (χ4v) is 2.09. The molecule has 1 atom stereocenters. The number of hydrogen-bond acceptors (Lipinski definition) is 3. The van der Waals surface area contributed by atoms with Crippen LogP contribution in [0.3, 0.4) is 0 Å². The summed E-state index contributed by atoms with van der Waals surface area (Å²) in [5.41, 5.74) is 1.48. The van der Waals surface area contributed by atoms with Crippen molar-refractivity contribution in [3.8, 4) is 6.07 Å². The van der Waals surface area contributed by atoms with Crippen LogP contribution in [0.2, 0.25) is 0 Å². The van der Waals surface area contributed by atoms with Gasteiger partial charge in [-0.3, -0.25) is 4.79 Å². The molecule has 1 aliphatic rings. The summed E-state index contributed by atoms with van der Waals surface area (Å²) in [6.07, 6.45) is 0.840. The number of amides is 1. The molecule has 88 valence electrons. The molecule has 0 spiro atoms. The molecule has 1 aromatic rings. The van der Waals surface area contributed by atoms with Crippen molar-refractivity contribution in [1.82, 2.24) is 5.32 Å². The number of carbonyl (C=O) groups excluding carboxylic acids is 1. The Hall–Kier alpha value is -1.86. The lowest BCUT2D eigenvalue weighted by molar-refractivity contribution is -0.118. The average Bonchev–Trinajstić information content (AvgIpc) is 2.72. The third-order valence-corrected chi connectivity index (χ3v) is 2.96. The largest absolute Gasteiger partial charge is 0.311 e. The maximum Gasteiger partial charge on any atom is 0.244 e. The minimum atomic E-state index is -0.0596. The highest BCUT2D eigenvalue weighted by atomic mass is 16.2. The molecule has 0 aromatic heterocycles. The molecule has 1 saturated heterocycles. The molecule has 2 rings (SSSR count). The van der Waals surface area contributed by atoms with E-state index in [1.165, 1.54) is 0 Å². The van der Waals surface area contributed by atoms with Gasteiger partial charge in [0.05, 0.1) is 17.7 Å². The van der Waals surface area contributed by atoms with Gasteiger partial charge >= 0.3 is 0 Å². The quantitative estimate of drug-likeness (QED) is 0.849. The Morgan fingerprint density at radius 3 is 2.76 bits per heavy atom. The van der Waals surface area contributed by atoms with Crippen LogP contribution in [0.15, 0.2) is 24.3 Å². The number of benzene rings is 1. The number of rotatable bonds is 3. The van der Waals surface area contributed by atoms with Crippen LogP contribution in [-0.4, -0.2) is 25.0 Å². The van der Waals surface area contributed by atoms with Gasteiger partial charge in [-0.05, 0) is 37.2 Å². The second-order valence-electron chi connectivity index (χ2n) is 4.05. The van der Waals surface area contributed by atoms with Gasteiger partial charge < -0.3 is 10.2 Å². The first-order valence-electron chi connectivity index (χ1n) is 5.81. The Morgan fingerprint density at radius 1 is 1.47 bits per heavy atom. The van der Waals surface area contributed by atoms with E-state index in [4.69, 9.17) is 5.26 Å². The SMILES string of the molecule is CCNC1CCN(c2ccc(C#N)cc2)C1=O. The number of nitrogens with one attached hydrogen (secondary N) is 1. The lowest BCUT2D eigenvalue weighted by Crippen LogP contribution is -2.38. The third kappa shape index (κ3) is 2.29. The second-order valence-corrected chi connectivity index (χ2v) is 4.05. The van der Waals surface area contributed by atoms with Crippen LogP contribution in [0.5, 0.6) is 0 Å².